The Morgan fingerprint density at radius 3 is 2.50 bits per heavy atom. The molecular weight excluding hydrogens is 318 g/mol. The monoisotopic (exact) mass is 335 g/mol. The number of halogens is 1. The average molecular weight is 336 g/mol. The molecule has 0 bridgehead atoms. The van der Waals surface area contributed by atoms with E-state index in [0.29, 0.717) is 5.56 Å². The van der Waals surface area contributed by atoms with Gasteiger partial charge in [-0.2, -0.15) is 0 Å². The van der Waals surface area contributed by atoms with Crippen molar-refractivity contribution in [2.24, 2.45) is 0 Å². The standard InChI is InChI=1S/C16H18BrNO2/c1-9-7-13(5-6-15(9)17)16(19)18-11(3)14-8-10(2)20-12(14)4/h5-8,11H,1-4H3,(H,18,19). The topological polar surface area (TPSA) is 42.2 Å². The van der Waals surface area contributed by atoms with Crippen LogP contribution in [0.5, 0.6) is 0 Å². The lowest BCUT2D eigenvalue weighted by atomic mass is 10.1. The second kappa shape index (κ2) is 5.83. The number of benzene rings is 1. The lowest BCUT2D eigenvalue weighted by Gasteiger charge is -2.13. The fraction of sp³-hybridized carbons (Fsp3) is 0.312. The van der Waals surface area contributed by atoms with Gasteiger partial charge in [-0.15, -0.1) is 0 Å². The Labute approximate surface area is 127 Å². The van der Waals surface area contributed by atoms with E-state index in [0.717, 1.165) is 27.1 Å². The molecule has 4 heteroatoms. The zero-order valence-electron chi connectivity index (χ0n) is 12.1. The predicted molar refractivity (Wildman–Crippen MR) is 82.9 cm³/mol. The molecule has 1 N–H and O–H groups in total. The van der Waals surface area contributed by atoms with Crippen LogP contribution < -0.4 is 5.32 Å². The highest BCUT2D eigenvalue weighted by Crippen LogP contribution is 2.22. The summed E-state index contributed by atoms with van der Waals surface area (Å²) in [5.41, 5.74) is 2.72. The van der Waals surface area contributed by atoms with E-state index >= 15 is 0 Å². The van der Waals surface area contributed by atoms with Crippen LogP contribution >= 0.6 is 15.9 Å². The minimum absolute atomic E-state index is 0.0775. The van der Waals surface area contributed by atoms with Gasteiger partial charge in [-0.05, 0) is 57.5 Å². The highest BCUT2D eigenvalue weighted by atomic mass is 79.9. The number of hydrogen-bond acceptors (Lipinski definition) is 2. The van der Waals surface area contributed by atoms with Crippen molar-refractivity contribution < 1.29 is 9.21 Å². The van der Waals surface area contributed by atoms with Gasteiger partial charge in [-0.25, -0.2) is 0 Å². The third-order valence-corrected chi connectivity index (χ3v) is 4.20. The molecule has 1 aromatic carbocycles. The summed E-state index contributed by atoms with van der Waals surface area (Å²) in [7, 11) is 0. The fourth-order valence-electron chi connectivity index (χ4n) is 2.22. The Hall–Kier alpha value is -1.55. The maximum Gasteiger partial charge on any atom is 0.251 e. The lowest BCUT2D eigenvalue weighted by Crippen LogP contribution is -2.26. The summed E-state index contributed by atoms with van der Waals surface area (Å²) < 4.78 is 6.50. The van der Waals surface area contributed by atoms with E-state index in [1.807, 2.05) is 52.0 Å². The second-order valence-corrected chi connectivity index (χ2v) is 5.88. The molecule has 1 atom stereocenters. The van der Waals surface area contributed by atoms with Crippen LogP contribution in [-0.2, 0) is 0 Å². The van der Waals surface area contributed by atoms with Crippen molar-refractivity contribution in [1.29, 1.82) is 0 Å². The molecule has 0 saturated heterocycles. The summed E-state index contributed by atoms with van der Waals surface area (Å²) in [5, 5.41) is 3.00. The molecule has 2 rings (SSSR count). The molecule has 20 heavy (non-hydrogen) atoms. The summed E-state index contributed by atoms with van der Waals surface area (Å²) in [6.45, 7) is 7.74. The van der Waals surface area contributed by atoms with Crippen LogP contribution in [-0.4, -0.2) is 5.91 Å². The molecular formula is C16H18BrNO2. The first-order chi connectivity index (χ1) is 9.38. The van der Waals surface area contributed by atoms with Gasteiger partial charge in [-0.3, -0.25) is 4.79 Å². The minimum atomic E-state index is -0.0797. The smallest absolute Gasteiger partial charge is 0.251 e. The molecule has 0 fully saturated rings. The highest BCUT2D eigenvalue weighted by molar-refractivity contribution is 9.10. The molecule has 1 amide bonds. The van der Waals surface area contributed by atoms with E-state index < -0.39 is 0 Å². The largest absolute Gasteiger partial charge is 0.466 e. The molecule has 0 aliphatic heterocycles. The van der Waals surface area contributed by atoms with Crippen LogP contribution in [0.3, 0.4) is 0 Å². The van der Waals surface area contributed by atoms with E-state index in [-0.39, 0.29) is 11.9 Å². The number of hydrogen-bond donors (Lipinski definition) is 1. The number of carbonyl (C=O) groups is 1. The first-order valence-electron chi connectivity index (χ1n) is 6.52. The van der Waals surface area contributed by atoms with E-state index in [1.54, 1.807) is 0 Å². The molecule has 1 unspecified atom stereocenters. The summed E-state index contributed by atoms with van der Waals surface area (Å²) in [4.78, 5) is 12.3. The SMILES string of the molecule is Cc1cc(C(C)NC(=O)c2ccc(Br)c(C)c2)c(C)o1. The van der Waals surface area contributed by atoms with Crippen molar-refractivity contribution >= 4 is 21.8 Å². The zero-order chi connectivity index (χ0) is 14.9. The number of nitrogens with one attached hydrogen (secondary N) is 1. The van der Waals surface area contributed by atoms with Crippen molar-refractivity contribution in [3.05, 3.63) is 56.9 Å². The minimum Gasteiger partial charge on any atom is -0.466 e. The van der Waals surface area contributed by atoms with Gasteiger partial charge in [0.25, 0.3) is 5.91 Å². The lowest BCUT2D eigenvalue weighted by molar-refractivity contribution is 0.0939. The third-order valence-electron chi connectivity index (χ3n) is 3.31. The van der Waals surface area contributed by atoms with Crippen LogP contribution in [0, 0.1) is 20.8 Å². The van der Waals surface area contributed by atoms with Gasteiger partial charge in [0.05, 0.1) is 6.04 Å². The van der Waals surface area contributed by atoms with Crippen molar-refractivity contribution in [3.8, 4) is 0 Å². The molecule has 0 aliphatic rings. The summed E-state index contributed by atoms with van der Waals surface area (Å²) in [6, 6.07) is 7.46. The number of furan rings is 1. The highest BCUT2D eigenvalue weighted by Gasteiger charge is 2.16. The number of aryl methyl sites for hydroxylation is 3. The fourth-order valence-corrected chi connectivity index (χ4v) is 2.47. The summed E-state index contributed by atoms with van der Waals surface area (Å²) >= 11 is 3.43. The molecule has 0 aliphatic carbocycles. The Bertz CT molecular complexity index is 646. The zero-order valence-corrected chi connectivity index (χ0v) is 13.7. The molecule has 0 saturated carbocycles. The Kier molecular flexibility index (Phi) is 4.33. The third kappa shape index (κ3) is 3.12. The maximum atomic E-state index is 12.3. The Morgan fingerprint density at radius 1 is 1.25 bits per heavy atom. The van der Waals surface area contributed by atoms with E-state index in [9.17, 15) is 4.79 Å². The number of amides is 1. The van der Waals surface area contributed by atoms with Gasteiger partial charge in [0.1, 0.15) is 11.5 Å². The van der Waals surface area contributed by atoms with Gasteiger partial charge in [-0.1, -0.05) is 15.9 Å². The molecule has 0 radical (unpaired) electrons. The first-order valence-corrected chi connectivity index (χ1v) is 7.31. The molecule has 1 heterocycles. The Morgan fingerprint density at radius 2 is 1.95 bits per heavy atom. The van der Waals surface area contributed by atoms with Gasteiger partial charge in [0.15, 0.2) is 0 Å². The van der Waals surface area contributed by atoms with Crippen molar-refractivity contribution in [1.82, 2.24) is 5.32 Å². The van der Waals surface area contributed by atoms with Crippen LogP contribution in [0.4, 0.5) is 0 Å². The quantitative estimate of drug-likeness (QED) is 0.899. The summed E-state index contributed by atoms with van der Waals surface area (Å²) in [6.07, 6.45) is 0. The van der Waals surface area contributed by atoms with Crippen LogP contribution in [0.2, 0.25) is 0 Å². The van der Waals surface area contributed by atoms with Gasteiger partial charge in [0, 0.05) is 15.6 Å². The van der Waals surface area contributed by atoms with Gasteiger partial charge in [0.2, 0.25) is 0 Å². The van der Waals surface area contributed by atoms with Crippen LogP contribution in [0.15, 0.2) is 33.2 Å². The van der Waals surface area contributed by atoms with Crippen molar-refractivity contribution in [2.45, 2.75) is 33.7 Å². The maximum absolute atomic E-state index is 12.3. The molecule has 2 aromatic rings. The second-order valence-electron chi connectivity index (χ2n) is 5.03. The molecule has 0 spiro atoms. The van der Waals surface area contributed by atoms with Crippen LogP contribution in [0.1, 0.15) is 46.0 Å². The molecule has 3 nitrogen and oxygen atoms in total. The van der Waals surface area contributed by atoms with Crippen LogP contribution in [0.25, 0.3) is 0 Å². The van der Waals surface area contributed by atoms with Gasteiger partial charge < -0.3 is 9.73 Å². The normalized spacial score (nSPS) is 12.2. The number of carbonyl (C=O) groups excluding carboxylic acids is 1. The van der Waals surface area contributed by atoms with Gasteiger partial charge >= 0.3 is 0 Å². The van der Waals surface area contributed by atoms with Crippen molar-refractivity contribution in [3.63, 3.8) is 0 Å². The van der Waals surface area contributed by atoms with E-state index in [4.69, 9.17) is 4.42 Å². The number of rotatable bonds is 3. The predicted octanol–water partition coefficient (Wildman–Crippen LogP) is 4.46. The van der Waals surface area contributed by atoms with E-state index in [2.05, 4.69) is 21.2 Å². The Balaban J connectivity index is 2.15. The van der Waals surface area contributed by atoms with Crippen molar-refractivity contribution in [2.75, 3.05) is 0 Å². The average Bonchev–Trinajstić information content (AvgIpc) is 2.71. The van der Waals surface area contributed by atoms with E-state index in [1.165, 1.54) is 0 Å². The molecule has 1 aromatic heterocycles. The first kappa shape index (κ1) is 14.9. The molecule has 106 valence electrons. The summed E-state index contributed by atoms with van der Waals surface area (Å²) in [5.74, 6) is 1.63.